The van der Waals surface area contributed by atoms with E-state index in [1.807, 2.05) is 24.5 Å². The minimum absolute atomic E-state index is 0.247. The van der Waals surface area contributed by atoms with Crippen molar-refractivity contribution in [2.75, 3.05) is 33.4 Å². The minimum Gasteiger partial charge on any atom is -0.461 e. The SMILES string of the molecule is COCCC1CN(Cc2cnc(-c3ccco3)nc2)CCO1. The van der Waals surface area contributed by atoms with Gasteiger partial charge in [-0.1, -0.05) is 0 Å². The van der Waals surface area contributed by atoms with Crippen LogP contribution in [0.2, 0.25) is 0 Å². The molecule has 0 N–H and O–H groups in total. The van der Waals surface area contributed by atoms with Crippen molar-refractivity contribution in [1.29, 1.82) is 0 Å². The predicted molar refractivity (Wildman–Crippen MR) is 81.2 cm³/mol. The molecular formula is C16H21N3O3. The third-order valence-electron chi connectivity index (χ3n) is 3.72. The second kappa shape index (κ2) is 7.49. The Kier molecular flexibility index (Phi) is 5.15. The van der Waals surface area contributed by atoms with Gasteiger partial charge in [0.2, 0.25) is 0 Å². The molecule has 1 aliphatic rings. The molecule has 118 valence electrons. The first-order valence-corrected chi connectivity index (χ1v) is 7.53. The molecule has 1 saturated heterocycles. The molecule has 1 atom stereocenters. The Labute approximate surface area is 130 Å². The number of hydrogen-bond donors (Lipinski definition) is 0. The lowest BCUT2D eigenvalue weighted by atomic mass is 10.2. The van der Waals surface area contributed by atoms with Gasteiger partial charge in [0.25, 0.3) is 0 Å². The molecule has 1 aliphatic heterocycles. The first kappa shape index (κ1) is 15.1. The van der Waals surface area contributed by atoms with Crippen LogP contribution in [-0.2, 0) is 16.0 Å². The summed E-state index contributed by atoms with van der Waals surface area (Å²) in [6.45, 7) is 4.19. The molecule has 6 nitrogen and oxygen atoms in total. The number of ether oxygens (including phenoxy) is 2. The van der Waals surface area contributed by atoms with Gasteiger partial charge >= 0.3 is 0 Å². The lowest BCUT2D eigenvalue weighted by Gasteiger charge is -2.32. The topological polar surface area (TPSA) is 60.6 Å². The Bertz CT molecular complexity index is 557. The summed E-state index contributed by atoms with van der Waals surface area (Å²) in [6.07, 6.45) is 6.54. The fourth-order valence-corrected chi connectivity index (χ4v) is 2.58. The molecule has 0 saturated carbocycles. The van der Waals surface area contributed by atoms with E-state index in [1.165, 1.54) is 0 Å². The molecule has 0 aliphatic carbocycles. The van der Waals surface area contributed by atoms with E-state index in [2.05, 4.69) is 14.9 Å². The van der Waals surface area contributed by atoms with E-state index in [0.717, 1.165) is 44.8 Å². The maximum Gasteiger partial charge on any atom is 0.195 e. The highest BCUT2D eigenvalue weighted by atomic mass is 16.5. The van der Waals surface area contributed by atoms with E-state index < -0.39 is 0 Å². The molecule has 0 amide bonds. The number of furan rings is 1. The maximum absolute atomic E-state index is 5.75. The molecule has 0 radical (unpaired) electrons. The zero-order valence-corrected chi connectivity index (χ0v) is 12.8. The molecule has 2 aromatic rings. The summed E-state index contributed by atoms with van der Waals surface area (Å²) in [4.78, 5) is 11.1. The van der Waals surface area contributed by atoms with E-state index in [-0.39, 0.29) is 6.10 Å². The summed E-state index contributed by atoms with van der Waals surface area (Å²) >= 11 is 0. The lowest BCUT2D eigenvalue weighted by molar-refractivity contribution is -0.0433. The van der Waals surface area contributed by atoms with E-state index in [9.17, 15) is 0 Å². The van der Waals surface area contributed by atoms with Crippen LogP contribution in [-0.4, -0.2) is 54.4 Å². The van der Waals surface area contributed by atoms with Crippen molar-refractivity contribution in [3.63, 3.8) is 0 Å². The lowest BCUT2D eigenvalue weighted by Crippen LogP contribution is -2.42. The molecule has 6 heteroatoms. The van der Waals surface area contributed by atoms with Crippen LogP contribution in [0.15, 0.2) is 35.2 Å². The molecule has 1 fully saturated rings. The Hall–Kier alpha value is -1.76. The summed E-state index contributed by atoms with van der Waals surface area (Å²) in [5.74, 6) is 1.31. The second-order valence-corrected chi connectivity index (χ2v) is 5.40. The number of hydrogen-bond acceptors (Lipinski definition) is 6. The van der Waals surface area contributed by atoms with Crippen LogP contribution in [0.1, 0.15) is 12.0 Å². The zero-order valence-electron chi connectivity index (χ0n) is 12.8. The quantitative estimate of drug-likeness (QED) is 0.813. The monoisotopic (exact) mass is 303 g/mol. The minimum atomic E-state index is 0.247. The highest BCUT2D eigenvalue weighted by Crippen LogP contribution is 2.16. The van der Waals surface area contributed by atoms with Crippen LogP contribution in [0.25, 0.3) is 11.6 Å². The molecule has 22 heavy (non-hydrogen) atoms. The summed E-state index contributed by atoms with van der Waals surface area (Å²) in [5.41, 5.74) is 1.10. The molecule has 3 heterocycles. The van der Waals surface area contributed by atoms with Crippen LogP contribution < -0.4 is 0 Å². The van der Waals surface area contributed by atoms with Crippen LogP contribution in [0, 0.1) is 0 Å². The number of aromatic nitrogens is 2. The fourth-order valence-electron chi connectivity index (χ4n) is 2.58. The largest absolute Gasteiger partial charge is 0.461 e. The number of morpholine rings is 1. The molecule has 3 rings (SSSR count). The summed E-state index contributed by atoms with van der Waals surface area (Å²) in [5, 5.41) is 0. The van der Waals surface area contributed by atoms with Gasteiger partial charge in [0.1, 0.15) is 0 Å². The summed E-state index contributed by atoms with van der Waals surface area (Å²) in [7, 11) is 1.72. The van der Waals surface area contributed by atoms with Crippen molar-refractivity contribution in [1.82, 2.24) is 14.9 Å². The molecule has 0 aromatic carbocycles. The van der Waals surface area contributed by atoms with Crippen molar-refractivity contribution in [2.24, 2.45) is 0 Å². The highest BCUT2D eigenvalue weighted by molar-refractivity contribution is 5.45. The normalized spacial score (nSPS) is 19.4. The van der Waals surface area contributed by atoms with Crippen molar-refractivity contribution in [3.8, 4) is 11.6 Å². The highest BCUT2D eigenvalue weighted by Gasteiger charge is 2.20. The number of nitrogens with zero attached hydrogens (tertiary/aromatic N) is 3. The van der Waals surface area contributed by atoms with Crippen molar-refractivity contribution >= 4 is 0 Å². The molecule has 2 aromatic heterocycles. The summed E-state index contributed by atoms with van der Waals surface area (Å²) < 4.78 is 16.2. The molecule has 1 unspecified atom stereocenters. The average molecular weight is 303 g/mol. The Morgan fingerprint density at radius 3 is 2.95 bits per heavy atom. The second-order valence-electron chi connectivity index (χ2n) is 5.40. The van der Waals surface area contributed by atoms with Gasteiger partial charge in [-0.15, -0.1) is 0 Å². The Morgan fingerprint density at radius 1 is 1.36 bits per heavy atom. The van der Waals surface area contributed by atoms with Crippen LogP contribution in [0.3, 0.4) is 0 Å². The van der Waals surface area contributed by atoms with E-state index >= 15 is 0 Å². The Balaban J connectivity index is 1.56. The Morgan fingerprint density at radius 2 is 2.23 bits per heavy atom. The standard InChI is InChI=1S/C16H21N3O3/c1-20-7-4-14-12-19(5-8-21-14)11-13-9-17-16(18-10-13)15-3-2-6-22-15/h2-3,6,9-10,14H,4-5,7-8,11-12H2,1H3. The molecule has 0 bridgehead atoms. The van der Waals surface area contributed by atoms with Gasteiger partial charge in [-0.05, 0) is 18.6 Å². The van der Waals surface area contributed by atoms with Gasteiger partial charge in [-0.25, -0.2) is 9.97 Å². The van der Waals surface area contributed by atoms with Crippen LogP contribution in [0.4, 0.5) is 0 Å². The number of methoxy groups -OCH3 is 1. The van der Waals surface area contributed by atoms with Gasteiger partial charge in [0, 0.05) is 51.3 Å². The smallest absolute Gasteiger partial charge is 0.195 e. The van der Waals surface area contributed by atoms with E-state index in [1.54, 1.807) is 13.4 Å². The van der Waals surface area contributed by atoms with Gasteiger partial charge in [-0.2, -0.15) is 0 Å². The number of rotatable bonds is 6. The molecular weight excluding hydrogens is 282 g/mol. The van der Waals surface area contributed by atoms with Gasteiger partial charge in [-0.3, -0.25) is 4.90 Å². The third kappa shape index (κ3) is 3.91. The molecule has 0 spiro atoms. The summed E-state index contributed by atoms with van der Waals surface area (Å²) in [6, 6.07) is 3.69. The van der Waals surface area contributed by atoms with E-state index in [4.69, 9.17) is 13.9 Å². The predicted octanol–water partition coefficient (Wildman–Crippen LogP) is 1.97. The third-order valence-corrected chi connectivity index (χ3v) is 3.72. The van der Waals surface area contributed by atoms with Crippen molar-refractivity contribution < 1.29 is 13.9 Å². The van der Waals surface area contributed by atoms with Crippen LogP contribution >= 0.6 is 0 Å². The van der Waals surface area contributed by atoms with Crippen LogP contribution in [0.5, 0.6) is 0 Å². The van der Waals surface area contributed by atoms with Crippen molar-refractivity contribution in [2.45, 2.75) is 19.1 Å². The van der Waals surface area contributed by atoms with Gasteiger partial charge < -0.3 is 13.9 Å². The average Bonchev–Trinajstić information content (AvgIpc) is 3.08. The maximum atomic E-state index is 5.75. The first-order chi connectivity index (χ1) is 10.8. The van der Waals surface area contributed by atoms with E-state index in [0.29, 0.717) is 11.6 Å². The van der Waals surface area contributed by atoms with Crippen molar-refractivity contribution in [3.05, 3.63) is 36.4 Å². The fraction of sp³-hybridized carbons (Fsp3) is 0.500. The van der Waals surface area contributed by atoms with Gasteiger partial charge in [0.05, 0.1) is 19.0 Å². The first-order valence-electron chi connectivity index (χ1n) is 7.53. The van der Waals surface area contributed by atoms with Gasteiger partial charge in [0.15, 0.2) is 11.6 Å². The zero-order chi connectivity index (χ0) is 15.2.